The molecule has 0 aliphatic carbocycles. The number of nitrogens with zero attached hydrogens (tertiary/aromatic N) is 1. The first-order chi connectivity index (χ1) is 8.33. The fourth-order valence-corrected chi connectivity index (χ4v) is 3.17. The van der Waals surface area contributed by atoms with Gasteiger partial charge in [-0.25, -0.2) is 0 Å². The summed E-state index contributed by atoms with van der Waals surface area (Å²) in [6.45, 7) is 9.56. The van der Waals surface area contributed by atoms with Crippen molar-refractivity contribution in [1.29, 1.82) is 0 Å². The molecule has 17 heavy (non-hydrogen) atoms. The molecule has 3 atom stereocenters. The first-order valence-corrected chi connectivity index (χ1v) is 6.84. The topological polar surface area (TPSA) is 33.7 Å². The summed E-state index contributed by atoms with van der Waals surface area (Å²) in [7, 11) is 1.71. The zero-order chi connectivity index (χ0) is 12.1. The summed E-state index contributed by atoms with van der Waals surface area (Å²) in [5.74, 6) is 1.77. The molecule has 4 heteroatoms. The van der Waals surface area contributed by atoms with Crippen LogP contribution in [0.3, 0.4) is 0 Å². The van der Waals surface area contributed by atoms with Crippen LogP contribution < -0.4 is 5.32 Å². The van der Waals surface area contributed by atoms with E-state index in [0.717, 1.165) is 37.5 Å². The average molecular weight is 242 g/mol. The number of hydrogen-bond donors (Lipinski definition) is 1. The minimum Gasteiger partial charge on any atom is -0.382 e. The van der Waals surface area contributed by atoms with E-state index >= 15 is 0 Å². The molecule has 2 fully saturated rings. The quantitative estimate of drug-likeness (QED) is 0.662. The van der Waals surface area contributed by atoms with Crippen LogP contribution in [0.5, 0.6) is 0 Å². The molecule has 0 spiro atoms. The molecular formula is C13H26N2O2. The largest absolute Gasteiger partial charge is 0.382 e. The third kappa shape index (κ3) is 3.41. The predicted octanol–water partition coefficient (Wildman–Crippen LogP) is 0.579. The SMILES string of the molecule is COCCOCCCN1CC2CNCC2C1C. The van der Waals surface area contributed by atoms with E-state index in [-0.39, 0.29) is 0 Å². The Morgan fingerprint density at radius 3 is 2.88 bits per heavy atom. The number of methoxy groups -OCH3 is 1. The maximum atomic E-state index is 5.50. The van der Waals surface area contributed by atoms with Crippen LogP contribution in [0.2, 0.25) is 0 Å². The predicted molar refractivity (Wildman–Crippen MR) is 68.2 cm³/mol. The zero-order valence-electron chi connectivity index (χ0n) is 11.2. The molecule has 0 bridgehead atoms. The second-order valence-corrected chi connectivity index (χ2v) is 5.28. The van der Waals surface area contributed by atoms with Crippen molar-refractivity contribution >= 4 is 0 Å². The van der Waals surface area contributed by atoms with Crippen LogP contribution >= 0.6 is 0 Å². The molecule has 100 valence electrons. The maximum absolute atomic E-state index is 5.50. The molecule has 0 aromatic rings. The van der Waals surface area contributed by atoms with Gasteiger partial charge in [-0.2, -0.15) is 0 Å². The Morgan fingerprint density at radius 2 is 2.12 bits per heavy atom. The molecule has 0 aromatic carbocycles. The molecule has 3 unspecified atom stereocenters. The Bertz CT molecular complexity index is 225. The van der Waals surface area contributed by atoms with Gasteiger partial charge >= 0.3 is 0 Å². The van der Waals surface area contributed by atoms with E-state index in [9.17, 15) is 0 Å². The number of hydrogen-bond acceptors (Lipinski definition) is 4. The van der Waals surface area contributed by atoms with Crippen molar-refractivity contribution in [1.82, 2.24) is 10.2 Å². The van der Waals surface area contributed by atoms with E-state index < -0.39 is 0 Å². The molecule has 1 N–H and O–H groups in total. The van der Waals surface area contributed by atoms with Crippen LogP contribution in [0, 0.1) is 11.8 Å². The Labute approximate surface area is 105 Å². The highest BCUT2D eigenvalue weighted by molar-refractivity contribution is 4.96. The molecule has 2 aliphatic heterocycles. The van der Waals surface area contributed by atoms with Crippen molar-refractivity contribution in [2.75, 3.05) is 53.1 Å². The molecule has 2 rings (SSSR count). The van der Waals surface area contributed by atoms with Gasteiger partial charge in [-0.15, -0.1) is 0 Å². The van der Waals surface area contributed by atoms with E-state index in [0.29, 0.717) is 6.61 Å². The van der Waals surface area contributed by atoms with Gasteiger partial charge in [0.15, 0.2) is 0 Å². The summed E-state index contributed by atoms with van der Waals surface area (Å²) in [4.78, 5) is 2.63. The third-order valence-electron chi connectivity index (χ3n) is 4.22. The van der Waals surface area contributed by atoms with Gasteiger partial charge in [-0.05, 0) is 38.3 Å². The monoisotopic (exact) mass is 242 g/mol. The van der Waals surface area contributed by atoms with Crippen molar-refractivity contribution in [3.63, 3.8) is 0 Å². The number of rotatable bonds is 7. The highest BCUT2D eigenvalue weighted by atomic mass is 16.5. The van der Waals surface area contributed by atoms with Gasteiger partial charge in [0.05, 0.1) is 13.2 Å². The van der Waals surface area contributed by atoms with Gasteiger partial charge in [0, 0.05) is 32.8 Å². The summed E-state index contributed by atoms with van der Waals surface area (Å²) >= 11 is 0. The number of nitrogens with one attached hydrogen (secondary N) is 1. The van der Waals surface area contributed by atoms with E-state index in [1.807, 2.05) is 0 Å². The van der Waals surface area contributed by atoms with Crippen molar-refractivity contribution < 1.29 is 9.47 Å². The summed E-state index contributed by atoms with van der Waals surface area (Å²) in [6, 6.07) is 0.744. The lowest BCUT2D eigenvalue weighted by Crippen LogP contribution is -2.34. The number of ether oxygens (including phenoxy) is 2. The van der Waals surface area contributed by atoms with Crippen LogP contribution in [0.4, 0.5) is 0 Å². The van der Waals surface area contributed by atoms with Gasteiger partial charge in [0.25, 0.3) is 0 Å². The number of fused-ring (bicyclic) bond motifs is 1. The minimum absolute atomic E-state index is 0.704. The van der Waals surface area contributed by atoms with Crippen LogP contribution in [-0.4, -0.2) is 64.1 Å². The molecule has 2 aliphatic rings. The zero-order valence-corrected chi connectivity index (χ0v) is 11.2. The summed E-state index contributed by atoms with van der Waals surface area (Å²) in [5.41, 5.74) is 0. The molecule has 0 amide bonds. The molecule has 0 aromatic heterocycles. The Balaban J connectivity index is 1.57. The first-order valence-electron chi connectivity index (χ1n) is 6.84. The minimum atomic E-state index is 0.704. The normalized spacial score (nSPS) is 33.2. The highest BCUT2D eigenvalue weighted by Gasteiger charge is 2.41. The maximum Gasteiger partial charge on any atom is 0.0700 e. The lowest BCUT2D eigenvalue weighted by Gasteiger charge is -2.24. The van der Waals surface area contributed by atoms with Crippen LogP contribution in [-0.2, 0) is 9.47 Å². The van der Waals surface area contributed by atoms with Gasteiger partial charge in [0.2, 0.25) is 0 Å². The Hall–Kier alpha value is -0.160. The molecule has 0 radical (unpaired) electrons. The Morgan fingerprint density at radius 1 is 1.24 bits per heavy atom. The summed E-state index contributed by atoms with van der Waals surface area (Å²) in [5, 5.41) is 3.50. The standard InChI is InChI=1S/C13H26N2O2/c1-11-13-9-14-8-12(13)10-15(11)4-3-5-17-7-6-16-2/h11-14H,3-10H2,1-2H3. The molecule has 2 saturated heterocycles. The first kappa shape index (κ1) is 13.3. The van der Waals surface area contributed by atoms with E-state index in [2.05, 4.69) is 17.1 Å². The molecular weight excluding hydrogens is 216 g/mol. The molecule has 0 saturated carbocycles. The lowest BCUT2D eigenvalue weighted by atomic mass is 9.95. The van der Waals surface area contributed by atoms with Crippen molar-refractivity contribution in [3.05, 3.63) is 0 Å². The van der Waals surface area contributed by atoms with Crippen molar-refractivity contribution in [3.8, 4) is 0 Å². The van der Waals surface area contributed by atoms with Crippen molar-refractivity contribution in [2.45, 2.75) is 19.4 Å². The van der Waals surface area contributed by atoms with Gasteiger partial charge < -0.3 is 14.8 Å². The van der Waals surface area contributed by atoms with Crippen LogP contribution in [0.1, 0.15) is 13.3 Å². The lowest BCUT2D eigenvalue weighted by molar-refractivity contribution is 0.0643. The molecule has 2 heterocycles. The van der Waals surface area contributed by atoms with Crippen LogP contribution in [0.25, 0.3) is 0 Å². The average Bonchev–Trinajstić information content (AvgIpc) is 2.88. The van der Waals surface area contributed by atoms with Gasteiger partial charge in [0.1, 0.15) is 0 Å². The summed E-state index contributed by atoms with van der Waals surface area (Å²) in [6.07, 6.45) is 1.14. The highest BCUT2D eigenvalue weighted by Crippen LogP contribution is 2.31. The molecule has 4 nitrogen and oxygen atoms in total. The van der Waals surface area contributed by atoms with Crippen molar-refractivity contribution in [2.24, 2.45) is 11.8 Å². The van der Waals surface area contributed by atoms with Gasteiger partial charge in [-0.1, -0.05) is 0 Å². The summed E-state index contributed by atoms with van der Waals surface area (Å²) < 4.78 is 10.4. The third-order valence-corrected chi connectivity index (χ3v) is 4.22. The fourth-order valence-electron chi connectivity index (χ4n) is 3.17. The second kappa shape index (κ2) is 6.69. The van der Waals surface area contributed by atoms with E-state index in [4.69, 9.17) is 9.47 Å². The Kier molecular flexibility index (Phi) is 5.22. The smallest absolute Gasteiger partial charge is 0.0700 e. The second-order valence-electron chi connectivity index (χ2n) is 5.28. The fraction of sp³-hybridized carbons (Fsp3) is 1.00. The van der Waals surface area contributed by atoms with E-state index in [1.54, 1.807) is 7.11 Å². The van der Waals surface area contributed by atoms with Gasteiger partial charge in [-0.3, -0.25) is 4.90 Å². The number of likely N-dealkylation sites (tertiary alicyclic amines) is 1. The van der Waals surface area contributed by atoms with E-state index in [1.165, 1.54) is 26.2 Å². The van der Waals surface area contributed by atoms with Crippen LogP contribution in [0.15, 0.2) is 0 Å².